The van der Waals surface area contributed by atoms with E-state index in [2.05, 4.69) is 10.3 Å². The highest BCUT2D eigenvalue weighted by Crippen LogP contribution is 2.23. The number of pyridine rings is 1. The van der Waals surface area contributed by atoms with Crippen molar-refractivity contribution in [1.82, 2.24) is 4.98 Å². The van der Waals surface area contributed by atoms with Gasteiger partial charge >= 0.3 is 5.97 Å². The fourth-order valence-electron chi connectivity index (χ4n) is 1.92. The third kappa shape index (κ3) is 4.53. The Morgan fingerprint density at radius 1 is 1.43 bits per heavy atom. The molecule has 0 aromatic carbocycles. The minimum absolute atomic E-state index is 0.350. The lowest BCUT2D eigenvalue weighted by Crippen LogP contribution is -2.30. The number of anilines is 1. The molecular formula is C16H17ClN2O3S. The second kappa shape index (κ2) is 7.57. The third-order valence-corrected chi connectivity index (χ3v) is 4.76. The van der Waals surface area contributed by atoms with Gasteiger partial charge in [0, 0.05) is 11.1 Å². The van der Waals surface area contributed by atoms with Crippen LogP contribution in [0, 0.1) is 6.92 Å². The van der Waals surface area contributed by atoms with E-state index in [0.717, 1.165) is 16.9 Å². The molecule has 0 saturated heterocycles. The summed E-state index contributed by atoms with van der Waals surface area (Å²) in [5.74, 6) is -0.593. The van der Waals surface area contributed by atoms with Crippen LogP contribution < -0.4 is 5.32 Å². The van der Waals surface area contributed by atoms with Gasteiger partial charge < -0.3 is 10.1 Å². The number of halogens is 1. The average molecular weight is 353 g/mol. The molecular weight excluding hydrogens is 336 g/mol. The first kappa shape index (κ1) is 17.4. The summed E-state index contributed by atoms with van der Waals surface area (Å²) >= 11 is 7.12. The van der Waals surface area contributed by atoms with Crippen LogP contribution in [0.25, 0.3) is 0 Å². The van der Waals surface area contributed by atoms with Crippen molar-refractivity contribution in [2.75, 3.05) is 5.32 Å². The van der Waals surface area contributed by atoms with E-state index in [0.29, 0.717) is 15.7 Å². The number of nitrogens with zero attached hydrogens (tertiary/aromatic N) is 1. The van der Waals surface area contributed by atoms with Crippen molar-refractivity contribution >= 4 is 40.6 Å². The monoisotopic (exact) mass is 352 g/mol. The summed E-state index contributed by atoms with van der Waals surface area (Å²) in [6, 6.07) is 4.98. The van der Waals surface area contributed by atoms with E-state index in [1.54, 1.807) is 18.2 Å². The van der Waals surface area contributed by atoms with Crippen LogP contribution in [0.4, 0.5) is 5.82 Å². The van der Waals surface area contributed by atoms with Crippen LogP contribution in [0.5, 0.6) is 0 Å². The summed E-state index contributed by atoms with van der Waals surface area (Å²) < 4.78 is 5.21. The van der Waals surface area contributed by atoms with Gasteiger partial charge in [0.05, 0.1) is 5.02 Å². The molecule has 5 nitrogen and oxygen atoms in total. The Bertz CT molecular complexity index is 713. The van der Waals surface area contributed by atoms with Crippen LogP contribution in [0.3, 0.4) is 0 Å². The van der Waals surface area contributed by atoms with E-state index >= 15 is 0 Å². The molecule has 1 atom stereocenters. The molecule has 23 heavy (non-hydrogen) atoms. The van der Waals surface area contributed by atoms with Gasteiger partial charge in [-0.1, -0.05) is 18.5 Å². The Hall–Kier alpha value is -1.92. The van der Waals surface area contributed by atoms with Gasteiger partial charge in [-0.15, -0.1) is 11.3 Å². The Morgan fingerprint density at radius 3 is 2.74 bits per heavy atom. The van der Waals surface area contributed by atoms with Crippen molar-refractivity contribution < 1.29 is 14.3 Å². The zero-order chi connectivity index (χ0) is 17.0. The molecule has 2 aromatic heterocycles. The van der Waals surface area contributed by atoms with E-state index in [-0.39, 0.29) is 0 Å². The molecule has 7 heteroatoms. The number of aryl methyl sites for hydroxylation is 2. The van der Waals surface area contributed by atoms with Gasteiger partial charge in [-0.05, 0) is 44.0 Å². The van der Waals surface area contributed by atoms with Crippen molar-refractivity contribution in [3.05, 3.63) is 44.7 Å². The van der Waals surface area contributed by atoms with E-state index in [4.69, 9.17) is 16.3 Å². The number of amides is 1. The molecule has 0 unspecified atom stereocenters. The van der Waals surface area contributed by atoms with Crippen molar-refractivity contribution in [2.24, 2.45) is 0 Å². The maximum absolute atomic E-state index is 12.1. The zero-order valence-corrected chi connectivity index (χ0v) is 14.6. The van der Waals surface area contributed by atoms with Gasteiger partial charge in [-0.25, -0.2) is 9.78 Å². The second-order valence-electron chi connectivity index (χ2n) is 4.97. The van der Waals surface area contributed by atoms with E-state index in [1.807, 2.05) is 13.8 Å². The summed E-state index contributed by atoms with van der Waals surface area (Å²) in [5, 5.41) is 3.05. The largest absolute Gasteiger partial charge is 0.448 e. The molecule has 0 aliphatic rings. The number of thiophene rings is 1. The lowest BCUT2D eigenvalue weighted by molar-refractivity contribution is -0.123. The molecule has 2 rings (SSSR count). The van der Waals surface area contributed by atoms with Crippen LogP contribution in [-0.2, 0) is 16.0 Å². The highest BCUT2D eigenvalue weighted by molar-refractivity contribution is 7.14. The fraction of sp³-hybridized carbons (Fsp3) is 0.312. The Labute approximate surface area is 143 Å². The molecule has 122 valence electrons. The van der Waals surface area contributed by atoms with E-state index < -0.39 is 18.0 Å². The molecule has 2 heterocycles. The SMILES string of the molecule is CCc1sc(C(=O)O[C@H](C)C(=O)Nc2ccc(Cl)cn2)cc1C. The first-order valence-electron chi connectivity index (χ1n) is 7.13. The Balaban J connectivity index is 1.96. The van der Waals surface area contributed by atoms with Gasteiger partial charge in [-0.2, -0.15) is 0 Å². The summed E-state index contributed by atoms with van der Waals surface area (Å²) in [4.78, 5) is 29.8. The van der Waals surface area contributed by atoms with Crippen molar-refractivity contribution in [3.8, 4) is 0 Å². The second-order valence-corrected chi connectivity index (χ2v) is 6.54. The standard InChI is InChI=1S/C16H17ClN2O3S/c1-4-12-9(2)7-13(23-12)16(21)22-10(3)15(20)19-14-6-5-11(17)8-18-14/h5-8,10H,4H2,1-3H3,(H,18,19,20)/t10-/m1/s1. The van der Waals surface area contributed by atoms with Crippen LogP contribution in [0.1, 0.15) is 34.0 Å². The lowest BCUT2D eigenvalue weighted by atomic mass is 10.2. The Morgan fingerprint density at radius 2 is 2.17 bits per heavy atom. The predicted octanol–water partition coefficient (Wildman–Crippen LogP) is 3.85. The number of carbonyl (C=O) groups is 2. The smallest absolute Gasteiger partial charge is 0.349 e. The van der Waals surface area contributed by atoms with Gasteiger partial charge in [0.1, 0.15) is 10.7 Å². The highest BCUT2D eigenvalue weighted by atomic mass is 35.5. The maximum atomic E-state index is 12.1. The highest BCUT2D eigenvalue weighted by Gasteiger charge is 2.21. The first-order chi connectivity index (χ1) is 10.9. The number of nitrogens with one attached hydrogen (secondary N) is 1. The van der Waals surface area contributed by atoms with Crippen molar-refractivity contribution in [1.29, 1.82) is 0 Å². The molecule has 0 aliphatic heterocycles. The molecule has 0 saturated carbocycles. The third-order valence-electron chi connectivity index (χ3n) is 3.17. The molecule has 0 aliphatic carbocycles. The van der Waals surface area contributed by atoms with E-state index in [9.17, 15) is 9.59 Å². The molecule has 2 aromatic rings. The number of esters is 1. The number of ether oxygens (including phenoxy) is 1. The minimum Gasteiger partial charge on any atom is -0.448 e. The normalized spacial score (nSPS) is 11.8. The fourth-order valence-corrected chi connectivity index (χ4v) is 3.03. The van der Waals surface area contributed by atoms with Gasteiger partial charge in [0.15, 0.2) is 6.10 Å². The Kier molecular flexibility index (Phi) is 5.74. The van der Waals surface area contributed by atoms with Crippen LogP contribution in [0.15, 0.2) is 24.4 Å². The molecule has 0 radical (unpaired) electrons. The number of aromatic nitrogens is 1. The summed E-state index contributed by atoms with van der Waals surface area (Å²) in [6.45, 7) is 5.50. The minimum atomic E-state index is -0.924. The molecule has 0 bridgehead atoms. The van der Waals surface area contributed by atoms with Gasteiger partial charge in [-0.3, -0.25) is 4.79 Å². The summed E-state index contributed by atoms with van der Waals surface area (Å²) in [6.07, 6.45) is 1.36. The topological polar surface area (TPSA) is 68.3 Å². The molecule has 1 amide bonds. The zero-order valence-electron chi connectivity index (χ0n) is 13.1. The van der Waals surface area contributed by atoms with Crippen molar-refractivity contribution in [2.45, 2.75) is 33.3 Å². The summed E-state index contributed by atoms with van der Waals surface area (Å²) in [7, 11) is 0. The summed E-state index contributed by atoms with van der Waals surface area (Å²) in [5.41, 5.74) is 1.06. The quantitative estimate of drug-likeness (QED) is 0.830. The lowest BCUT2D eigenvalue weighted by Gasteiger charge is -2.12. The average Bonchev–Trinajstić information content (AvgIpc) is 2.90. The van der Waals surface area contributed by atoms with Crippen LogP contribution in [0.2, 0.25) is 5.02 Å². The van der Waals surface area contributed by atoms with Gasteiger partial charge in [0.25, 0.3) is 5.91 Å². The van der Waals surface area contributed by atoms with Gasteiger partial charge in [0.2, 0.25) is 0 Å². The van der Waals surface area contributed by atoms with E-state index in [1.165, 1.54) is 24.5 Å². The van der Waals surface area contributed by atoms with Crippen LogP contribution >= 0.6 is 22.9 Å². The number of hydrogen-bond donors (Lipinski definition) is 1. The molecule has 1 N–H and O–H groups in total. The number of rotatable bonds is 5. The number of hydrogen-bond acceptors (Lipinski definition) is 5. The molecule has 0 spiro atoms. The first-order valence-corrected chi connectivity index (χ1v) is 8.32. The van der Waals surface area contributed by atoms with Crippen LogP contribution in [-0.4, -0.2) is 23.0 Å². The predicted molar refractivity (Wildman–Crippen MR) is 91.2 cm³/mol. The number of carbonyl (C=O) groups excluding carboxylic acids is 2. The maximum Gasteiger partial charge on any atom is 0.349 e. The molecule has 0 fully saturated rings. The van der Waals surface area contributed by atoms with Crippen molar-refractivity contribution in [3.63, 3.8) is 0 Å².